The first kappa shape index (κ1) is 52.5. The van der Waals surface area contributed by atoms with Crippen molar-refractivity contribution >= 4 is 53.6 Å². The Labute approximate surface area is 363 Å². The zero-order valence-corrected chi connectivity index (χ0v) is 37.0. The van der Waals surface area contributed by atoms with Crippen LogP contribution in [-0.2, 0) is 44.8 Å². The Balaban J connectivity index is 2.31. The molecule has 0 radical (unpaired) electrons. The van der Waals surface area contributed by atoms with Gasteiger partial charge in [0, 0.05) is 31.8 Å². The zero-order chi connectivity index (χ0) is 46.4. The van der Waals surface area contributed by atoms with E-state index >= 15 is 0 Å². The molecule has 1 aliphatic carbocycles. The molecule has 0 spiro atoms. The molecule has 1 aromatic rings. The first-order chi connectivity index (χ1) is 29.3. The third-order valence-electron chi connectivity index (χ3n) is 10.3. The van der Waals surface area contributed by atoms with Crippen molar-refractivity contribution in [3.8, 4) is 0 Å². The third-order valence-corrected chi connectivity index (χ3v) is 10.3. The summed E-state index contributed by atoms with van der Waals surface area (Å²) in [5.74, 6) is -4.82. The van der Waals surface area contributed by atoms with Crippen LogP contribution in [-0.4, -0.2) is 124 Å². The van der Waals surface area contributed by atoms with Crippen LogP contribution in [0.3, 0.4) is 0 Å². The maximum Gasteiger partial charge on any atom is 0.245 e. The number of aliphatic hydroxyl groups excluding tert-OH is 1. The van der Waals surface area contributed by atoms with Crippen molar-refractivity contribution in [1.82, 2.24) is 47.2 Å². The molecule has 21 nitrogen and oxygen atoms in total. The number of aromatic nitrogens is 2. The highest BCUT2D eigenvalue weighted by atomic mass is 16.3. The van der Waals surface area contributed by atoms with Crippen LogP contribution in [0.1, 0.15) is 111 Å². The van der Waals surface area contributed by atoms with Gasteiger partial charge in [-0.05, 0) is 56.8 Å². The third kappa shape index (κ3) is 19.9. The maximum absolute atomic E-state index is 14.2. The van der Waals surface area contributed by atoms with Gasteiger partial charge in [0.1, 0.15) is 42.5 Å². The van der Waals surface area contributed by atoms with Crippen LogP contribution in [0, 0.1) is 17.8 Å². The Hall–Kier alpha value is -5.60. The lowest BCUT2D eigenvalue weighted by molar-refractivity contribution is -0.136. The van der Waals surface area contributed by atoms with Crippen LogP contribution < -0.4 is 48.7 Å². The van der Waals surface area contributed by atoms with Gasteiger partial charge in [-0.2, -0.15) is 0 Å². The lowest BCUT2D eigenvalue weighted by Gasteiger charge is -2.30. The fourth-order valence-corrected chi connectivity index (χ4v) is 7.13. The number of aromatic amines is 1. The first-order valence-corrected chi connectivity index (χ1v) is 21.5. The number of carbonyl (C=O) groups excluding carboxylic acids is 8. The molecule has 0 unspecified atom stereocenters. The molecule has 0 aliphatic heterocycles. The molecule has 1 aromatic heterocycles. The highest BCUT2D eigenvalue weighted by molar-refractivity contribution is 5.97. The van der Waals surface area contributed by atoms with E-state index in [0.29, 0.717) is 18.4 Å². The van der Waals surface area contributed by atoms with Gasteiger partial charge in [0.25, 0.3) is 0 Å². The number of nitrogens with zero attached hydrogens (tertiary/aromatic N) is 2. The number of guanidine groups is 1. The number of imidazole rings is 1. The smallest absolute Gasteiger partial charge is 0.245 e. The van der Waals surface area contributed by atoms with Crippen molar-refractivity contribution in [1.29, 1.82) is 0 Å². The van der Waals surface area contributed by atoms with Crippen LogP contribution in [0.5, 0.6) is 0 Å². The van der Waals surface area contributed by atoms with E-state index in [-0.39, 0.29) is 62.4 Å². The van der Waals surface area contributed by atoms with Gasteiger partial charge >= 0.3 is 0 Å². The number of carbonyl (C=O) groups is 8. The molecule has 7 amide bonds. The van der Waals surface area contributed by atoms with Crippen molar-refractivity contribution in [2.24, 2.45) is 34.2 Å². The van der Waals surface area contributed by atoms with Crippen LogP contribution in [0.4, 0.5) is 0 Å². The molecular weight excluding hydrogens is 805 g/mol. The van der Waals surface area contributed by atoms with E-state index in [1.165, 1.54) is 26.4 Å². The first-order valence-electron chi connectivity index (χ1n) is 21.5. The second-order valence-electron chi connectivity index (χ2n) is 16.9. The van der Waals surface area contributed by atoms with E-state index in [2.05, 4.69) is 52.2 Å². The molecule has 1 heterocycles. The van der Waals surface area contributed by atoms with Gasteiger partial charge in [-0.15, -0.1) is 0 Å². The minimum Gasteiger partial charge on any atom is -0.394 e. The fraction of sp³-hybridized carbons (Fsp3) is 0.707. The number of amides is 7. The molecule has 21 heteroatoms. The lowest BCUT2D eigenvalue weighted by Crippen LogP contribution is -2.60. The minimum atomic E-state index is -1.34. The monoisotopic (exact) mass is 875 g/mol. The second-order valence-corrected chi connectivity index (χ2v) is 16.9. The van der Waals surface area contributed by atoms with Crippen LogP contribution >= 0.6 is 0 Å². The fourth-order valence-electron chi connectivity index (χ4n) is 7.13. The summed E-state index contributed by atoms with van der Waals surface area (Å²) in [7, 11) is 0. The summed E-state index contributed by atoms with van der Waals surface area (Å²) in [5.41, 5.74) is 11.2. The number of aldehydes is 1. The van der Waals surface area contributed by atoms with Crippen LogP contribution in [0.15, 0.2) is 17.5 Å². The zero-order valence-electron chi connectivity index (χ0n) is 37.0. The summed E-state index contributed by atoms with van der Waals surface area (Å²) in [6.45, 7) is 9.61. The molecule has 1 aliphatic rings. The van der Waals surface area contributed by atoms with Gasteiger partial charge in [0.05, 0.1) is 19.0 Å². The average Bonchev–Trinajstić information content (AvgIpc) is 3.72. The Morgan fingerprint density at radius 1 is 0.758 bits per heavy atom. The number of nitrogens with one attached hydrogen (secondary N) is 8. The summed E-state index contributed by atoms with van der Waals surface area (Å²) in [6, 6.07) is -7.88. The van der Waals surface area contributed by atoms with Gasteiger partial charge in [0.15, 0.2) is 5.96 Å². The topological polar surface area (TPSA) is 334 Å². The highest BCUT2D eigenvalue weighted by Gasteiger charge is 2.35. The summed E-state index contributed by atoms with van der Waals surface area (Å²) >= 11 is 0. The summed E-state index contributed by atoms with van der Waals surface area (Å²) in [5, 5.41) is 28.3. The van der Waals surface area contributed by atoms with E-state index in [0.717, 1.165) is 32.1 Å². The molecule has 62 heavy (non-hydrogen) atoms. The van der Waals surface area contributed by atoms with Crippen molar-refractivity contribution in [2.45, 2.75) is 154 Å². The highest BCUT2D eigenvalue weighted by Crippen LogP contribution is 2.27. The number of aliphatic hydroxyl groups is 1. The Morgan fingerprint density at radius 3 is 1.81 bits per heavy atom. The predicted molar refractivity (Wildman–Crippen MR) is 230 cm³/mol. The Kier molecular flexibility index (Phi) is 23.2. The van der Waals surface area contributed by atoms with Gasteiger partial charge in [-0.1, -0.05) is 59.8 Å². The number of H-pyrrole nitrogens is 1. The number of hydrogen-bond acceptors (Lipinski definition) is 11. The SMILES string of the molecule is CC(=O)N[C@@H](CO)C(=O)N[C@@H](Cc1cnc[nH]1)C(=O)N[C@@H](CC(C)C)C(=O)N[C@@H](CC1CCCCC1)C(=O)N[C@@H](CC(C)C)C(=O)N[C@@H](C)C(=O)N[C@H](C=O)CCCN=C(N)N. The number of rotatable bonds is 27. The molecule has 0 saturated heterocycles. The summed E-state index contributed by atoms with van der Waals surface area (Å²) in [4.78, 5) is 116. The standard InChI is InChI=1S/C41H70N12O9/c1-23(2)15-30(36(58)47-25(5)35(57)49-28(20-54)13-10-14-45-41(42)43)50-38(60)32(17-27-11-8-7-9-12-27)52-37(59)31(16-24(3)4)51-39(61)33(18-29-19-44-22-46-29)53-40(62)34(21-55)48-26(6)56/h19-20,22-25,27-28,30-34,55H,7-18,21H2,1-6H3,(H,44,46)(H,47,58)(H,48,56)(H,49,57)(H,50,60)(H,51,61)(H,52,59)(H,53,62)(H4,42,43,45)/t25-,28-,30-,31-,32-,33-,34-/m0/s1. The Morgan fingerprint density at radius 2 is 1.29 bits per heavy atom. The molecule has 348 valence electrons. The van der Waals surface area contributed by atoms with Crippen LogP contribution in [0.2, 0.25) is 0 Å². The van der Waals surface area contributed by atoms with Crippen molar-refractivity contribution in [3.63, 3.8) is 0 Å². The van der Waals surface area contributed by atoms with E-state index in [1.54, 1.807) is 0 Å². The number of aliphatic imine (C=N–C) groups is 1. The number of nitrogens with two attached hydrogens (primary N) is 2. The molecular formula is C41H70N12O9. The van der Waals surface area contributed by atoms with Gasteiger partial charge in [-0.25, -0.2) is 4.98 Å². The lowest BCUT2D eigenvalue weighted by atomic mass is 9.84. The predicted octanol–water partition coefficient (Wildman–Crippen LogP) is -1.31. The molecule has 2 rings (SSSR count). The molecule has 0 aromatic carbocycles. The molecule has 1 fully saturated rings. The van der Waals surface area contributed by atoms with Gasteiger partial charge in [0.2, 0.25) is 41.4 Å². The minimum absolute atomic E-state index is 0.0713. The van der Waals surface area contributed by atoms with Crippen molar-refractivity contribution < 1.29 is 43.5 Å². The molecule has 0 bridgehead atoms. The van der Waals surface area contributed by atoms with Gasteiger partial charge in [-0.3, -0.25) is 38.6 Å². The largest absolute Gasteiger partial charge is 0.394 e. The molecule has 7 atom stereocenters. The molecule has 13 N–H and O–H groups in total. The van der Waals surface area contributed by atoms with E-state index < -0.39 is 90.3 Å². The van der Waals surface area contributed by atoms with E-state index in [9.17, 15) is 43.5 Å². The summed E-state index contributed by atoms with van der Waals surface area (Å²) < 4.78 is 0. The second kappa shape index (κ2) is 27.4. The van der Waals surface area contributed by atoms with Crippen molar-refractivity contribution in [2.75, 3.05) is 13.2 Å². The van der Waals surface area contributed by atoms with Gasteiger partial charge < -0.3 is 63.6 Å². The van der Waals surface area contributed by atoms with Crippen molar-refractivity contribution in [3.05, 3.63) is 18.2 Å². The normalized spacial score (nSPS) is 16.3. The average molecular weight is 875 g/mol. The molecule has 1 saturated carbocycles. The van der Waals surface area contributed by atoms with E-state index in [1.807, 2.05) is 27.7 Å². The summed E-state index contributed by atoms with van der Waals surface area (Å²) in [6.07, 6.45) is 9.34. The van der Waals surface area contributed by atoms with E-state index in [4.69, 9.17) is 11.5 Å². The Bertz CT molecular complexity index is 1650. The quantitative estimate of drug-likeness (QED) is 0.0213. The maximum atomic E-state index is 14.2. The van der Waals surface area contributed by atoms with Crippen LogP contribution in [0.25, 0.3) is 0 Å². The number of hydrogen-bond donors (Lipinski definition) is 11.